The van der Waals surface area contributed by atoms with Crippen molar-refractivity contribution in [2.45, 2.75) is 65.0 Å². The molecule has 3 atom stereocenters. The van der Waals surface area contributed by atoms with Crippen LogP contribution >= 0.6 is 0 Å². The van der Waals surface area contributed by atoms with Crippen molar-refractivity contribution in [3.8, 4) is 0 Å². The van der Waals surface area contributed by atoms with E-state index in [0.29, 0.717) is 38.4 Å². The van der Waals surface area contributed by atoms with E-state index in [0.717, 1.165) is 18.5 Å². The second kappa shape index (κ2) is 8.36. The van der Waals surface area contributed by atoms with Crippen LogP contribution in [0.4, 0.5) is 0 Å². The van der Waals surface area contributed by atoms with Crippen LogP contribution in [0.15, 0.2) is 24.7 Å². The minimum absolute atomic E-state index is 0.0715. The van der Waals surface area contributed by atoms with Crippen LogP contribution in [0, 0.1) is 24.7 Å². The van der Waals surface area contributed by atoms with Crippen molar-refractivity contribution < 1.29 is 14.4 Å². The van der Waals surface area contributed by atoms with Gasteiger partial charge in [-0.3, -0.25) is 19.3 Å². The Morgan fingerprint density at radius 1 is 1.10 bits per heavy atom. The number of aromatic nitrogens is 2. The predicted octanol–water partition coefficient (Wildman–Crippen LogP) is 2.72. The van der Waals surface area contributed by atoms with E-state index in [-0.39, 0.29) is 35.5 Å². The molecule has 2 aliphatic heterocycles. The maximum atomic E-state index is 13.5. The minimum atomic E-state index is -0.679. The molecule has 3 aliphatic rings. The molecule has 162 valence electrons. The van der Waals surface area contributed by atoms with Gasteiger partial charge in [0.15, 0.2) is 0 Å². The normalized spacial score (nSPS) is 25.9. The molecule has 0 saturated carbocycles. The molecule has 2 fully saturated rings. The Labute approximate surface area is 178 Å². The number of hydrogen-bond donors (Lipinski definition) is 0. The summed E-state index contributed by atoms with van der Waals surface area (Å²) >= 11 is 0. The number of piperidine rings is 1. The molecule has 3 heterocycles. The Bertz CT molecular complexity index is 824. The highest BCUT2D eigenvalue weighted by molar-refractivity contribution is 6.08. The van der Waals surface area contributed by atoms with Crippen molar-refractivity contribution in [1.29, 1.82) is 0 Å². The van der Waals surface area contributed by atoms with E-state index in [2.05, 4.69) is 9.55 Å². The van der Waals surface area contributed by atoms with Crippen LogP contribution in [-0.2, 0) is 14.4 Å². The molecular weight excluding hydrogens is 380 g/mol. The standard InChI is InChI=1S/C23H32N4O3/c1-15(2)12-20(27-21(28)18-6-4-5-7-19(18)22(27)29)23(30)25-10-8-17(9-11-25)26-14-24-13-16(26)3/h4-5,13-15,17-20H,6-12H2,1-3H3/t18-,19+,20-/m1/s1. The number of fused-ring (bicyclic) bond motifs is 1. The molecule has 3 amide bonds. The van der Waals surface area contributed by atoms with Crippen molar-refractivity contribution in [3.05, 3.63) is 30.4 Å². The summed E-state index contributed by atoms with van der Waals surface area (Å²) in [6, 6.07) is -0.341. The quantitative estimate of drug-likeness (QED) is 0.550. The molecule has 1 aromatic rings. The van der Waals surface area contributed by atoms with Gasteiger partial charge in [-0.05, 0) is 44.9 Å². The van der Waals surface area contributed by atoms with Gasteiger partial charge in [0.2, 0.25) is 17.7 Å². The fourth-order valence-electron chi connectivity index (χ4n) is 5.22. The van der Waals surface area contributed by atoms with Gasteiger partial charge in [-0.2, -0.15) is 0 Å². The molecule has 30 heavy (non-hydrogen) atoms. The molecule has 2 saturated heterocycles. The van der Waals surface area contributed by atoms with Gasteiger partial charge in [-0.1, -0.05) is 26.0 Å². The van der Waals surface area contributed by atoms with Crippen LogP contribution in [0.2, 0.25) is 0 Å². The van der Waals surface area contributed by atoms with Gasteiger partial charge in [0.05, 0.1) is 18.2 Å². The molecule has 7 nitrogen and oxygen atoms in total. The number of carbonyl (C=O) groups is 3. The lowest BCUT2D eigenvalue weighted by Gasteiger charge is -2.37. The van der Waals surface area contributed by atoms with E-state index < -0.39 is 6.04 Å². The lowest BCUT2D eigenvalue weighted by atomic mass is 9.85. The summed E-state index contributed by atoms with van der Waals surface area (Å²) in [5.74, 6) is -0.751. The average Bonchev–Trinajstić information content (AvgIpc) is 3.27. The molecule has 0 aromatic carbocycles. The Hall–Kier alpha value is -2.44. The summed E-state index contributed by atoms with van der Waals surface area (Å²) in [4.78, 5) is 47.1. The number of nitrogens with zero attached hydrogens (tertiary/aromatic N) is 4. The molecule has 0 N–H and O–H groups in total. The smallest absolute Gasteiger partial charge is 0.245 e. The maximum Gasteiger partial charge on any atom is 0.245 e. The van der Waals surface area contributed by atoms with E-state index in [9.17, 15) is 14.4 Å². The highest BCUT2D eigenvalue weighted by Crippen LogP contribution is 2.37. The number of imidazole rings is 1. The number of likely N-dealkylation sites (tertiary alicyclic amines) is 2. The van der Waals surface area contributed by atoms with Gasteiger partial charge < -0.3 is 9.47 Å². The SMILES string of the molecule is Cc1cncn1C1CCN(C(=O)[C@@H](CC(C)C)N2C(=O)[C@H]3CC=CC[C@H]3C2=O)CC1. The first-order valence-electron chi connectivity index (χ1n) is 11.2. The molecule has 0 radical (unpaired) electrons. The summed E-state index contributed by atoms with van der Waals surface area (Å²) in [5.41, 5.74) is 1.13. The number of carbonyl (C=O) groups excluding carboxylic acids is 3. The van der Waals surface area contributed by atoms with Gasteiger partial charge in [0, 0.05) is 31.0 Å². The van der Waals surface area contributed by atoms with E-state index in [4.69, 9.17) is 0 Å². The lowest BCUT2D eigenvalue weighted by molar-refractivity contribution is -0.153. The third-order valence-electron chi connectivity index (χ3n) is 6.86. The van der Waals surface area contributed by atoms with Crippen LogP contribution in [-0.4, -0.2) is 56.2 Å². The van der Waals surface area contributed by atoms with Gasteiger partial charge in [-0.15, -0.1) is 0 Å². The second-order valence-electron chi connectivity index (χ2n) is 9.35. The predicted molar refractivity (Wildman–Crippen MR) is 112 cm³/mol. The van der Waals surface area contributed by atoms with E-state index in [1.165, 1.54) is 4.90 Å². The number of aryl methyl sites for hydroxylation is 1. The van der Waals surface area contributed by atoms with E-state index in [1.54, 1.807) is 0 Å². The summed E-state index contributed by atoms with van der Waals surface area (Å²) in [6.45, 7) is 7.39. The van der Waals surface area contributed by atoms with Gasteiger partial charge in [0.25, 0.3) is 0 Å². The number of hydrogen-bond acceptors (Lipinski definition) is 4. The number of amides is 3. The molecule has 1 aromatic heterocycles. The fraction of sp³-hybridized carbons (Fsp3) is 0.652. The Morgan fingerprint density at radius 3 is 2.20 bits per heavy atom. The maximum absolute atomic E-state index is 13.5. The monoisotopic (exact) mass is 412 g/mol. The first-order chi connectivity index (χ1) is 14.4. The first kappa shape index (κ1) is 20.8. The Kier molecular flexibility index (Phi) is 5.80. The Balaban J connectivity index is 1.49. The highest BCUT2D eigenvalue weighted by atomic mass is 16.2. The van der Waals surface area contributed by atoms with Crippen LogP contribution in [0.3, 0.4) is 0 Å². The lowest BCUT2D eigenvalue weighted by Crippen LogP contribution is -2.53. The fourth-order valence-corrected chi connectivity index (χ4v) is 5.22. The van der Waals surface area contributed by atoms with Gasteiger partial charge in [-0.25, -0.2) is 4.98 Å². The van der Waals surface area contributed by atoms with Crippen molar-refractivity contribution in [2.24, 2.45) is 17.8 Å². The largest absolute Gasteiger partial charge is 0.341 e. The number of rotatable bonds is 5. The van der Waals surface area contributed by atoms with Crippen molar-refractivity contribution in [1.82, 2.24) is 19.4 Å². The zero-order valence-corrected chi connectivity index (χ0v) is 18.2. The molecule has 0 bridgehead atoms. The topological polar surface area (TPSA) is 75.5 Å². The molecule has 1 aliphatic carbocycles. The second-order valence-corrected chi connectivity index (χ2v) is 9.35. The zero-order valence-electron chi connectivity index (χ0n) is 18.2. The van der Waals surface area contributed by atoms with Crippen LogP contribution in [0.1, 0.15) is 57.7 Å². The first-order valence-corrected chi connectivity index (χ1v) is 11.2. The number of allylic oxidation sites excluding steroid dienone is 2. The van der Waals surface area contributed by atoms with E-state index >= 15 is 0 Å². The highest BCUT2D eigenvalue weighted by Gasteiger charge is 2.51. The van der Waals surface area contributed by atoms with Gasteiger partial charge in [0.1, 0.15) is 6.04 Å². The van der Waals surface area contributed by atoms with Crippen LogP contribution in [0.5, 0.6) is 0 Å². The molecule has 4 rings (SSSR count). The Morgan fingerprint density at radius 2 is 1.70 bits per heavy atom. The number of imide groups is 1. The van der Waals surface area contributed by atoms with Crippen LogP contribution < -0.4 is 0 Å². The van der Waals surface area contributed by atoms with Gasteiger partial charge >= 0.3 is 0 Å². The van der Waals surface area contributed by atoms with Crippen molar-refractivity contribution in [3.63, 3.8) is 0 Å². The summed E-state index contributed by atoms with van der Waals surface area (Å²) < 4.78 is 2.18. The molecule has 0 unspecified atom stereocenters. The summed E-state index contributed by atoms with van der Waals surface area (Å²) in [7, 11) is 0. The molecular formula is C23H32N4O3. The third kappa shape index (κ3) is 3.70. The molecule has 0 spiro atoms. The third-order valence-corrected chi connectivity index (χ3v) is 6.86. The van der Waals surface area contributed by atoms with Crippen molar-refractivity contribution >= 4 is 17.7 Å². The summed E-state index contributed by atoms with van der Waals surface area (Å²) in [5, 5.41) is 0. The van der Waals surface area contributed by atoms with Crippen molar-refractivity contribution in [2.75, 3.05) is 13.1 Å². The minimum Gasteiger partial charge on any atom is -0.341 e. The van der Waals surface area contributed by atoms with E-state index in [1.807, 2.05) is 50.3 Å². The van der Waals surface area contributed by atoms with Crippen LogP contribution in [0.25, 0.3) is 0 Å². The zero-order chi connectivity index (χ0) is 21.4. The molecule has 7 heteroatoms. The average molecular weight is 413 g/mol. The summed E-state index contributed by atoms with van der Waals surface area (Å²) in [6.07, 6.45) is 11.1.